The van der Waals surface area contributed by atoms with Gasteiger partial charge < -0.3 is 5.32 Å². The molecule has 1 aromatic heterocycles. The highest BCUT2D eigenvalue weighted by atomic mass is 79.9. The minimum atomic E-state index is -0.210. The molecule has 1 aliphatic rings. The summed E-state index contributed by atoms with van der Waals surface area (Å²) in [5.41, 5.74) is 2.42. The molecule has 0 aliphatic carbocycles. The van der Waals surface area contributed by atoms with Gasteiger partial charge in [0.1, 0.15) is 5.82 Å². The van der Waals surface area contributed by atoms with Gasteiger partial charge in [0, 0.05) is 26.2 Å². The molecule has 20 heavy (non-hydrogen) atoms. The number of rotatable bonds is 3. The van der Waals surface area contributed by atoms with E-state index in [1.165, 1.54) is 5.56 Å². The summed E-state index contributed by atoms with van der Waals surface area (Å²) in [7, 11) is 0. The molecule has 2 aromatic rings. The third-order valence-electron chi connectivity index (χ3n) is 3.64. The van der Waals surface area contributed by atoms with E-state index in [0.717, 1.165) is 31.7 Å². The highest BCUT2D eigenvalue weighted by Crippen LogP contribution is 2.32. The van der Waals surface area contributed by atoms with Gasteiger partial charge in [-0.2, -0.15) is 11.3 Å². The summed E-state index contributed by atoms with van der Waals surface area (Å²) in [6.07, 6.45) is 0. The SMILES string of the molecule is Fc1ccc([C@H](c2ccsc2)N2CCNCC2)cc1Br. The first-order valence-corrected chi connectivity index (χ1v) is 8.41. The second-order valence-corrected chi connectivity index (χ2v) is 6.55. The molecule has 0 amide bonds. The lowest BCUT2D eigenvalue weighted by molar-refractivity contribution is 0.198. The first-order chi connectivity index (χ1) is 9.75. The van der Waals surface area contributed by atoms with E-state index in [4.69, 9.17) is 0 Å². The van der Waals surface area contributed by atoms with Crippen molar-refractivity contribution in [3.05, 3.63) is 56.4 Å². The lowest BCUT2D eigenvalue weighted by Crippen LogP contribution is -2.45. The standard InChI is InChI=1S/C15H16BrFN2S/c16-13-9-11(1-2-14(13)17)15(12-3-8-20-10-12)19-6-4-18-5-7-19/h1-3,8-10,15,18H,4-7H2/t15-/m1/s1. The van der Waals surface area contributed by atoms with Gasteiger partial charge in [-0.05, 0) is 56.0 Å². The minimum Gasteiger partial charge on any atom is -0.314 e. The normalized spacial score (nSPS) is 18.1. The summed E-state index contributed by atoms with van der Waals surface area (Å²) < 4.78 is 14.0. The predicted octanol–water partition coefficient (Wildman–Crippen LogP) is 3.64. The second-order valence-electron chi connectivity index (χ2n) is 4.92. The molecule has 0 radical (unpaired) electrons. The monoisotopic (exact) mass is 354 g/mol. The average molecular weight is 355 g/mol. The van der Waals surface area contributed by atoms with Gasteiger partial charge in [-0.15, -0.1) is 0 Å². The quantitative estimate of drug-likeness (QED) is 0.904. The smallest absolute Gasteiger partial charge is 0.137 e. The van der Waals surface area contributed by atoms with Crippen LogP contribution in [0.1, 0.15) is 17.2 Å². The summed E-state index contributed by atoms with van der Waals surface area (Å²) in [6, 6.07) is 7.71. The Kier molecular flexibility index (Phi) is 4.51. The summed E-state index contributed by atoms with van der Waals surface area (Å²) in [6.45, 7) is 4.02. The molecular formula is C15H16BrFN2S. The number of thiophene rings is 1. The molecule has 0 saturated carbocycles. The van der Waals surface area contributed by atoms with Crippen molar-refractivity contribution in [2.75, 3.05) is 26.2 Å². The molecule has 2 nitrogen and oxygen atoms in total. The van der Waals surface area contributed by atoms with E-state index in [2.05, 4.69) is 43.0 Å². The van der Waals surface area contributed by atoms with E-state index < -0.39 is 0 Å². The van der Waals surface area contributed by atoms with Crippen LogP contribution in [0.15, 0.2) is 39.5 Å². The summed E-state index contributed by atoms with van der Waals surface area (Å²) in [5, 5.41) is 7.66. The van der Waals surface area contributed by atoms with E-state index in [-0.39, 0.29) is 11.9 Å². The van der Waals surface area contributed by atoms with Crippen LogP contribution in [0.4, 0.5) is 4.39 Å². The summed E-state index contributed by atoms with van der Waals surface area (Å²) >= 11 is 5.00. The van der Waals surface area contributed by atoms with Gasteiger partial charge in [0.15, 0.2) is 0 Å². The van der Waals surface area contributed by atoms with E-state index >= 15 is 0 Å². The molecule has 3 rings (SSSR count). The molecule has 1 saturated heterocycles. The number of nitrogens with one attached hydrogen (secondary N) is 1. The minimum absolute atomic E-state index is 0.209. The van der Waals surface area contributed by atoms with Crippen LogP contribution >= 0.6 is 27.3 Å². The molecule has 106 valence electrons. The lowest BCUT2D eigenvalue weighted by Gasteiger charge is -2.35. The number of hydrogen-bond acceptors (Lipinski definition) is 3. The van der Waals surface area contributed by atoms with Crippen molar-refractivity contribution >= 4 is 27.3 Å². The molecule has 5 heteroatoms. The van der Waals surface area contributed by atoms with E-state index in [0.29, 0.717) is 4.47 Å². The van der Waals surface area contributed by atoms with Crippen molar-refractivity contribution in [1.29, 1.82) is 0 Å². The van der Waals surface area contributed by atoms with E-state index in [1.54, 1.807) is 17.4 Å². The lowest BCUT2D eigenvalue weighted by atomic mass is 9.99. The van der Waals surface area contributed by atoms with E-state index in [9.17, 15) is 4.39 Å². The van der Waals surface area contributed by atoms with Crippen LogP contribution in [0.2, 0.25) is 0 Å². The fraction of sp³-hybridized carbons (Fsp3) is 0.333. The van der Waals surface area contributed by atoms with Gasteiger partial charge in [0.25, 0.3) is 0 Å². The Morgan fingerprint density at radius 2 is 2.00 bits per heavy atom. The molecule has 2 heterocycles. The number of halogens is 2. The van der Waals surface area contributed by atoms with Crippen molar-refractivity contribution in [1.82, 2.24) is 10.2 Å². The van der Waals surface area contributed by atoms with Gasteiger partial charge >= 0.3 is 0 Å². The Bertz CT molecular complexity index is 567. The number of piperazine rings is 1. The maximum atomic E-state index is 13.5. The Morgan fingerprint density at radius 3 is 2.65 bits per heavy atom. The molecule has 0 unspecified atom stereocenters. The molecule has 1 N–H and O–H groups in total. The zero-order valence-electron chi connectivity index (χ0n) is 11.0. The van der Waals surface area contributed by atoms with Crippen LogP contribution in [-0.4, -0.2) is 31.1 Å². The topological polar surface area (TPSA) is 15.3 Å². The van der Waals surface area contributed by atoms with Crippen molar-refractivity contribution in [3.8, 4) is 0 Å². The first-order valence-electron chi connectivity index (χ1n) is 6.67. The van der Waals surface area contributed by atoms with Crippen LogP contribution in [0.3, 0.4) is 0 Å². The molecule has 1 aromatic carbocycles. The number of benzene rings is 1. The molecule has 1 atom stereocenters. The van der Waals surface area contributed by atoms with Crippen LogP contribution in [0.25, 0.3) is 0 Å². The maximum absolute atomic E-state index is 13.5. The highest BCUT2D eigenvalue weighted by molar-refractivity contribution is 9.10. The Morgan fingerprint density at radius 1 is 1.20 bits per heavy atom. The zero-order chi connectivity index (χ0) is 13.9. The van der Waals surface area contributed by atoms with Gasteiger partial charge in [-0.1, -0.05) is 6.07 Å². The van der Waals surface area contributed by atoms with Crippen LogP contribution in [-0.2, 0) is 0 Å². The van der Waals surface area contributed by atoms with E-state index in [1.807, 2.05) is 12.1 Å². The van der Waals surface area contributed by atoms with Gasteiger partial charge in [-0.3, -0.25) is 4.90 Å². The second kappa shape index (κ2) is 6.35. The molecular weight excluding hydrogens is 339 g/mol. The zero-order valence-corrected chi connectivity index (χ0v) is 13.4. The summed E-state index contributed by atoms with van der Waals surface area (Å²) in [4.78, 5) is 2.46. The third-order valence-corrected chi connectivity index (χ3v) is 4.94. The Hall–Kier alpha value is -0.750. The fourth-order valence-electron chi connectivity index (χ4n) is 2.67. The molecule has 1 aliphatic heterocycles. The van der Waals surface area contributed by atoms with Gasteiger partial charge in [0.2, 0.25) is 0 Å². The fourth-order valence-corrected chi connectivity index (χ4v) is 3.74. The predicted molar refractivity (Wildman–Crippen MR) is 84.7 cm³/mol. The maximum Gasteiger partial charge on any atom is 0.137 e. The Labute approximate surface area is 130 Å². The average Bonchev–Trinajstić information content (AvgIpc) is 2.98. The van der Waals surface area contributed by atoms with Crippen LogP contribution in [0, 0.1) is 5.82 Å². The van der Waals surface area contributed by atoms with Crippen LogP contribution < -0.4 is 5.32 Å². The van der Waals surface area contributed by atoms with Crippen LogP contribution in [0.5, 0.6) is 0 Å². The largest absolute Gasteiger partial charge is 0.314 e. The number of nitrogens with zero attached hydrogens (tertiary/aromatic N) is 1. The molecule has 1 fully saturated rings. The molecule has 0 spiro atoms. The molecule has 0 bridgehead atoms. The highest BCUT2D eigenvalue weighted by Gasteiger charge is 2.24. The van der Waals surface area contributed by atoms with Crippen molar-refractivity contribution in [2.24, 2.45) is 0 Å². The third kappa shape index (κ3) is 2.96. The van der Waals surface area contributed by atoms with Crippen molar-refractivity contribution in [3.63, 3.8) is 0 Å². The van der Waals surface area contributed by atoms with Gasteiger partial charge in [-0.25, -0.2) is 4.39 Å². The van der Waals surface area contributed by atoms with Gasteiger partial charge in [0.05, 0.1) is 10.5 Å². The van der Waals surface area contributed by atoms with Crippen molar-refractivity contribution in [2.45, 2.75) is 6.04 Å². The Balaban J connectivity index is 1.98. The number of hydrogen-bond donors (Lipinski definition) is 1. The van der Waals surface area contributed by atoms with Crippen molar-refractivity contribution < 1.29 is 4.39 Å². The summed E-state index contributed by atoms with van der Waals surface area (Å²) in [5.74, 6) is -0.210. The first kappa shape index (κ1) is 14.2.